The van der Waals surface area contributed by atoms with E-state index < -0.39 is 12.0 Å². The van der Waals surface area contributed by atoms with Crippen LogP contribution in [0, 0.1) is 5.92 Å². The van der Waals surface area contributed by atoms with Gasteiger partial charge in [0.25, 0.3) is 5.91 Å². The van der Waals surface area contributed by atoms with E-state index in [2.05, 4.69) is 34.7 Å². The van der Waals surface area contributed by atoms with Crippen LogP contribution in [-0.2, 0) is 16.1 Å². The minimum absolute atomic E-state index is 0.0966. The van der Waals surface area contributed by atoms with Crippen molar-refractivity contribution in [1.82, 2.24) is 20.1 Å². The van der Waals surface area contributed by atoms with Crippen LogP contribution >= 0.6 is 35.0 Å². The van der Waals surface area contributed by atoms with Crippen molar-refractivity contribution in [1.29, 1.82) is 0 Å². The number of thioether (sulfide) groups is 1. The first-order valence-electron chi connectivity index (χ1n) is 12.5. The Bertz CT molecular complexity index is 1310. The lowest BCUT2D eigenvalue weighted by Crippen LogP contribution is -2.31. The molecule has 0 saturated heterocycles. The van der Waals surface area contributed by atoms with Crippen LogP contribution in [0.25, 0.3) is 0 Å². The van der Waals surface area contributed by atoms with Crippen LogP contribution in [0.4, 0.5) is 5.69 Å². The third-order valence-corrected chi connectivity index (χ3v) is 7.09. The van der Waals surface area contributed by atoms with Crippen LogP contribution in [0.3, 0.4) is 0 Å². The van der Waals surface area contributed by atoms with Crippen molar-refractivity contribution in [3.8, 4) is 0 Å². The molecule has 2 N–H and O–H groups in total. The summed E-state index contributed by atoms with van der Waals surface area (Å²) in [5.41, 5.74) is 1.29. The van der Waals surface area contributed by atoms with E-state index in [1.165, 1.54) is 17.8 Å². The van der Waals surface area contributed by atoms with Crippen LogP contribution in [0.1, 0.15) is 66.7 Å². The number of halogens is 2. The first-order chi connectivity index (χ1) is 18.6. The molecule has 0 aliphatic heterocycles. The van der Waals surface area contributed by atoms with E-state index in [0.29, 0.717) is 52.4 Å². The normalized spacial score (nSPS) is 11.8. The lowest BCUT2D eigenvalue weighted by atomic mass is 10.0. The number of esters is 1. The van der Waals surface area contributed by atoms with E-state index in [4.69, 9.17) is 27.9 Å². The summed E-state index contributed by atoms with van der Waals surface area (Å²) in [7, 11) is 0. The molecule has 1 aromatic heterocycles. The number of carbonyl (C=O) groups excluding carboxylic acids is 3. The topological polar surface area (TPSA) is 115 Å². The first kappa shape index (κ1) is 30.5. The van der Waals surface area contributed by atoms with Crippen molar-refractivity contribution in [2.24, 2.45) is 5.92 Å². The Balaban J connectivity index is 1.69. The summed E-state index contributed by atoms with van der Waals surface area (Å²) in [6, 6.07) is 10.8. The Labute approximate surface area is 242 Å². The van der Waals surface area contributed by atoms with E-state index in [0.717, 1.165) is 0 Å². The maximum Gasteiger partial charge on any atom is 0.338 e. The summed E-state index contributed by atoms with van der Waals surface area (Å²) >= 11 is 13.5. The molecule has 0 bridgehead atoms. The largest absolute Gasteiger partial charge is 0.462 e. The molecule has 39 heavy (non-hydrogen) atoms. The van der Waals surface area contributed by atoms with Gasteiger partial charge < -0.3 is 19.9 Å². The summed E-state index contributed by atoms with van der Waals surface area (Å²) < 4.78 is 6.86. The van der Waals surface area contributed by atoms with E-state index in [1.54, 1.807) is 43.3 Å². The summed E-state index contributed by atoms with van der Waals surface area (Å²) in [5, 5.41) is 15.8. The zero-order valence-corrected chi connectivity index (χ0v) is 24.5. The van der Waals surface area contributed by atoms with Crippen LogP contribution in [0.2, 0.25) is 10.0 Å². The van der Waals surface area contributed by atoms with E-state index in [-0.39, 0.29) is 28.5 Å². The average molecular weight is 593 g/mol. The van der Waals surface area contributed by atoms with Gasteiger partial charge in [0.2, 0.25) is 5.91 Å². The minimum atomic E-state index is -0.419. The quantitative estimate of drug-likeness (QED) is 0.195. The second-order valence-electron chi connectivity index (χ2n) is 9.00. The van der Waals surface area contributed by atoms with Gasteiger partial charge in [-0.2, -0.15) is 0 Å². The predicted molar refractivity (Wildman–Crippen MR) is 154 cm³/mol. The molecule has 1 atom stereocenters. The van der Waals surface area contributed by atoms with Gasteiger partial charge in [-0.15, -0.1) is 10.2 Å². The van der Waals surface area contributed by atoms with Gasteiger partial charge in [0, 0.05) is 17.3 Å². The van der Waals surface area contributed by atoms with Crippen molar-refractivity contribution >= 4 is 58.4 Å². The SMILES string of the molecule is CCOC(=O)c1ccc(NC(=O)CSc2nnc([C@@H](CC(C)C)NC(=O)c3ccc(Cl)cc3Cl)n2CC)cc1. The first-order valence-corrected chi connectivity index (χ1v) is 14.3. The second-order valence-corrected chi connectivity index (χ2v) is 10.8. The number of hydrogen-bond acceptors (Lipinski definition) is 7. The van der Waals surface area contributed by atoms with Crippen molar-refractivity contribution in [3.05, 3.63) is 69.5 Å². The molecule has 0 aliphatic carbocycles. The van der Waals surface area contributed by atoms with Crippen LogP contribution in [0.15, 0.2) is 47.6 Å². The Morgan fingerprint density at radius 3 is 2.38 bits per heavy atom. The highest BCUT2D eigenvalue weighted by molar-refractivity contribution is 7.99. The number of nitrogens with zero attached hydrogens (tertiary/aromatic N) is 3. The maximum atomic E-state index is 13.0. The molecule has 3 aromatic rings. The highest BCUT2D eigenvalue weighted by Crippen LogP contribution is 2.27. The highest BCUT2D eigenvalue weighted by Gasteiger charge is 2.25. The summed E-state index contributed by atoms with van der Waals surface area (Å²) in [6.45, 7) is 8.64. The number of ether oxygens (including phenoxy) is 1. The van der Waals surface area contributed by atoms with Crippen molar-refractivity contribution in [3.63, 3.8) is 0 Å². The fourth-order valence-electron chi connectivity index (χ4n) is 3.80. The Morgan fingerprint density at radius 2 is 1.77 bits per heavy atom. The van der Waals surface area contributed by atoms with Gasteiger partial charge >= 0.3 is 5.97 Å². The van der Waals surface area contributed by atoms with Gasteiger partial charge in [-0.3, -0.25) is 9.59 Å². The molecule has 0 fully saturated rings. The predicted octanol–water partition coefficient (Wildman–Crippen LogP) is 6.03. The number of anilines is 1. The molecule has 208 valence electrons. The molecule has 0 radical (unpaired) electrons. The van der Waals surface area contributed by atoms with Gasteiger partial charge in [0.1, 0.15) is 0 Å². The van der Waals surface area contributed by atoms with Crippen LogP contribution in [0.5, 0.6) is 0 Å². The molecule has 3 rings (SSSR count). The molecule has 1 heterocycles. The van der Waals surface area contributed by atoms with Crippen molar-refractivity contribution in [2.45, 2.75) is 51.9 Å². The number of carbonyl (C=O) groups is 3. The van der Waals surface area contributed by atoms with Gasteiger partial charge in [0.05, 0.1) is 34.6 Å². The molecular formula is C27H31Cl2N5O4S. The van der Waals surface area contributed by atoms with Gasteiger partial charge in [-0.05, 0) is 68.7 Å². The Hall–Kier alpha value is -3.08. The molecule has 9 nitrogen and oxygen atoms in total. The summed E-state index contributed by atoms with van der Waals surface area (Å²) in [4.78, 5) is 37.4. The maximum absolute atomic E-state index is 13.0. The zero-order chi connectivity index (χ0) is 28.5. The average Bonchev–Trinajstić information content (AvgIpc) is 3.30. The monoisotopic (exact) mass is 591 g/mol. The van der Waals surface area contributed by atoms with E-state index >= 15 is 0 Å². The number of hydrogen-bond donors (Lipinski definition) is 2. The lowest BCUT2D eigenvalue weighted by molar-refractivity contribution is -0.113. The molecule has 2 amide bonds. The van der Waals surface area contributed by atoms with Gasteiger partial charge in [-0.25, -0.2) is 4.79 Å². The van der Waals surface area contributed by atoms with E-state index in [9.17, 15) is 14.4 Å². The second kappa shape index (κ2) is 14.3. The number of amides is 2. The molecule has 0 spiro atoms. The van der Waals surface area contributed by atoms with Crippen molar-refractivity contribution in [2.75, 3.05) is 17.7 Å². The smallest absolute Gasteiger partial charge is 0.338 e. The molecule has 0 unspecified atom stereocenters. The Morgan fingerprint density at radius 1 is 1.05 bits per heavy atom. The summed E-state index contributed by atoms with van der Waals surface area (Å²) in [6.07, 6.45) is 0.627. The fourth-order valence-corrected chi connectivity index (χ4v) is 5.11. The molecule has 12 heteroatoms. The zero-order valence-electron chi connectivity index (χ0n) is 22.2. The standard InChI is InChI=1S/C27H31Cl2N5O4S/c1-5-34-24(22(13-16(3)4)31-25(36)20-12-9-18(28)14-21(20)29)32-33-27(34)39-15-23(35)30-19-10-7-17(8-11-19)26(37)38-6-2/h7-12,14,16,22H,5-6,13,15H2,1-4H3,(H,30,35)(H,31,36)/t22-/m1/s1. The number of benzene rings is 2. The molecule has 0 saturated carbocycles. The number of nitrogens with one attached hydrogen (secondary N) is 2. The summed E-state index contributed by atoms with van der Waals surface area (Å²) in [5.74, 6) is -0.0311. The molecular weight excluding hydrogens is 561 g/mol. The van der Waals surface area contributed by atoms with Crippen molar-refractivity contribution < 1.29 is 19.1 Å². The van der Waals surface area contributed by atoms with Gasteiger partial charge in [-0.1, -0.05) is 48.8 Å². The third kappa shape index (κ3) is 8.45. The minimum Gasteiger partial charge on any atom is -0.462 e. The van der Waals surface area contributed by atoms with E-state index in [1.807, 2.05) is 11.5 Å². The molecule has 0 aliphatic rings. The highest BCUT2D eigenvalue weighted by atomic mass is 35.5. The number of aromatic nitrogens is 3. The lowest BCUT2D eigenvalue weighted by Gasteiger charge is -2.21. The van der Waals surface area contributed by atoms with Gasteiger partial charge in [0.15, 0.2) is 11.0 Å². The number of rotatable bonds is 12. The van der Waals surface area contributed by atoms with Crippen LogP contribution in [-0.4, -0.2) is 44.9 Å². The molecule has 2 aromatic carbocycles. The van der Waals surface area contributed by atoms with Crippen LogP contribution < -0.4 is 10.6 Å². The fraction of sp³-hybridized carbons (Fsp3) is 0.370. The third-order valence-electron chi connectivity index (χ3n) is 5.57. The Kier molecular flexibility index (Phi) is 11.2.